The lowest BCUT2D eigenvalue weighted by atomic mass is 10.3. The van der Waals surface area contributed by atoms with E-state index in [0.717, 1.165) is 0 Å². The van der Waals surface area contributed by atoms with E-state index in [1.165, 1.54) is 11.8 Å². The third kappa shape index (κ3) is 3.95. The predicted molar refractivity (Wildman–Crippen MR) is 76.3 cm³/mol. The average Bonchev–Trinajstić information content (AvgIpc) is 2.93. The van der Waals surface area contributed by atoms with Gasteiger partial charge in [-0.15, -0.1) is 10.2 Å². The third-order valence-corrected chi connectivity index (χ3v) is 5.75. The fourth-order valence-corrected chi connectivity index (χ4v) is 4.53. The fraction of sp³-hybridized carbons (Fsp3) is 0.727. The van der Waals surface area contributed by atoms with E-state index in [2.05, 4.69) is 15.5 Å². The zero-order chi connectivity index (χ0) is 14.8. The first-order valence-electron chi connectivity index (χ1n) is 6.39. The van der Waals surface area contributed by atoms with Crippen LogP contribution in [-0.2, 0) is 14.6 Å². The van der Waals surface area contributed by atoms with Gasteiger partial charge in [0.1, 0.15) is 6.33 Å². The van der Waals surface area contributed by atoms with Gasteiger partial charge in [0, 0.05) is 12.1 Å². The Morgan fingerprint density at radius 1 is 1.60 bits per heavy atom. The standard InChI is InChI=1S/C11H18N4O3S2/c1-8(2)15-7-12-14-11(15)19-5-10(16)13-9-3-4-20(17,18)6-9/h7-9H,3-6H2,1-2H3,(H,13,16)/t9-/m1/s1. The molecule has 7 nitrogen and oxygen atoms in total. The molecule has 20 heavy (non-hydrogen) atoms. The highest BCUT2D eigenvalue weighted by Crippen LogP contribution is 2.18. The van der Waals surface area contributed by atoms with E-state index in [1.54, 1.807) is 6.33 Å². The highest BCUT2D eigenvalue weighted by molar-refractivity contribution is 7.99. The monoisotopic (exact) mass is 318 g/mol. The highest BCUT2D eigenvalue weighted by atomic mass is 32.2. The Balaban J connectivity index is 1.82. The Labute approximate surface area is 122 Å². The van der Waals surface area contributed by atoms with Crippen LogP contribution in [0.3, 0.4) is 0 Å². The van der Waals surface area contributed by atoms with Gasteiger partial charge in [-0.25, -0.2) is 8.42 Å². The summed E-state index contributed by atoms with van der Waals surface area (Å²) < 4.78 is 24.5. The van der Waals surface area contributed by atoms with Gasteiger partial charge in [-0.05, 0) is 20.3 Å². The number of carbonyl (C=O) groups excluding carboxylic acids is 1. The van der Waals surface area contributed by atoms with Crippen molar-refractivity contribution < 1.29 is 13.2 Å². The second-order valence-corrected chi connectivity index (χ2v) is 8.24. The first-order valence-corrected chi connectivity index (χ1v) is 9.20. The predicted octanol–water partition coefficient (Wildman–Crippen LogP) is 0.254. The molecule has 1 amide bonds. The summed E-state index contributed by atoms with van der Waals surface area (Å²) in [7, 11) is -2.97. The fourth-order valence-electron chi connectivity index (χ4n) is 2.00. The quantitative estimate of drug-likeness (QED) is 0.782. The van der Waals surface area contributed by atoms with Crippen LogP contribution in [0.15, 0.2) is 11.5 Å². The normalized spacial score (nSPS) is 21.2. The summed E-state index contributed by atoms with van der Waals surface area (Å²) in [6.45, 7) is 4.02. The maximum Gasteiger partial charge on any atom is 0.230 e. The molecule has 2 heterocycles. The van der Waals surface area contributed by atoms with Crippen molar-refractivity contribution in [3.63, 3.8) is 0 Å². The van der Waals surface area contributed by atoms with Gasteiger partial charge in [0.25, 0.3) is 0 Å². The number of hydrogen-bond donors (Lipinski definition) is 1. The van der Waals surface area contributed by atoms with Crippen molar-refractivity contribution in [2.24, 2.45) is 0 Å². The molecule has 9 heteroatoms. The van der Waals surface area contributed by atoms with Crippen LogP contribution in [-0.4, -0.2) is 52.4 Å². The Morgan fingerprint density at radius 3 is 2.95 bits per heavy atom. The topological polar surface area (TPSA) is 93.9 Å². The van der Waals surface area contributed by atoms with Crippen LogP contribution < -0.4 is 5.32 Å². The molecule has 0 aliphatic carbocycles. The number of amides is 1. The lowest BCUT2D eigenvalue weighted by Gasteiger charge is -2.11. The molecule has 0 bridgehead atoms. The molecule has 1 aliphatic rings. The Kier molecular flexibility index (Phi) is 4.69. The van der Waals surface area contributed by atoms with Gasteiger partial charge in [-0.1, -0.05) is 11.8 Å². The summed E-state index contributed by atoms with van der Waals surface area (Å²) >= 11 is 1.30. The zero-order valence-corrected chi connectivity index (χ0v) is 13.1. The van der Waals surface area contributed by atoms with Crippen LogP contribution in [0.4, 0.5) is 0 Å². The molecule has 0 aromatic carbocycles. The molecule has 1 aromatic heterocycles. The van der Waals surface area contributed by atoms with Crippen LogP contribution >= 0.6 is 11.8 Å². The first-order chi connectivity index (χ1) is 9.37. The number of sulfone groups is 1. The van der Waals surface area contributed by atoms with E-state index in [4.69, 9.17) is 0 Å². The maximum absolute atomic E-state index is 11.8. The van der Waals surface area contributed by atoms with Crippen LogP contribution in [0.1, 0.15) is 26.3 Å². The minimum absolute atomic E-state index is 0.0472. The van der Waals surface area contributed by atoms with E-state index in [1.807, 2.05) is 18.4 Å². The molecule has 0 unspecified atom stereocenters. The number of hydrogen-bond acceptors (Lipinski definition) is 6. The second kappa shape index (κ2) is 6.13. The molecule has 0 radical (unpaired) electrons. The molecule has 1 fully saturated rings. The molecule has 2 rings (SSSR count). The molecule has 1 saturated heterocycles. The second-order valence-electron chi connectivity index (χ2n) is 5.07. The van der Waals surface area contributed by atoms with E-state index < -0.39 is 9.84 Å². The van der Waals surface area contributed by atoms with Crippen LogP contribution in [0.2, 0.25) is 0 Å². The van der Waals surface area contributed by atoms with Crippen molar-refractivity contribution in [2.45, 2.75) is 37.5 Å². The summed E-state index contributed by atoms with van der Waals surface area (Å²) in [5, 5.41) is 11.2. The van der Waals surface area contributed by atoms with Crippen molar-refractivity contribution in [3.8, 4) is 0 Å². The largest absolute Gasteiger partial charge is 0.352 e. The first kappa shape index (κ1) is 15.3. The van der Waals surface area contributed by atoms with Crippen molar-refractivity contribution in [3.05, 3.63) is 6.33 Å². The van der Waals surface area contributed by atoms with Gasteiger partial charge >= 0.3 is 0 Å². The van der Waals surface area contributed by atoms with Crippen molar-refractivity contribution >= 4 is 27.5 Å². The smallest absolute Gasteiger partial charge is 0.230 e. The summed E-state index contributed by atoms with van der Waals surface area (Å²) in [6.07, 6.45) is 2.13. The van der Waals surface area contributed by atoms with Gasteiger partial charge in [-0.2, -0.15) is 0 Å². The van der Waals surface area contributed by atoms with Crippen molar-refractivity contribution in [2.75, 3.05) is 17.3 Å². The van der Waals surface area contributed by atoms with Crippen LogP contribution in [0.25, 0.3) is 0 Å². The van der Waals surface area contributed by atoms with Gasteiger partial charge in [0.05, 0.1) is 17.3 Å². The number of thioether (sulfide) groups is 1. The molecule has 1 aromatic rings. The number of rotatable bonds is 5. The van der Waals surface area contributed by atoms with E-state index >= 15 is 0 Å². The number of nitrogens with one attached hydrogen (secondary N) is 1. The number of nitrogens with zero attached hydrogens (tertiary/aromatic N) is 3. The lowest BCUT2D eigenvalue weighted by Crippen LogP contribution is -2.36. The zero-order valence-electron chi connectivity index (χ0n) is 11.4. The van der Waals surface area contributed by atoms with E-state index in [0.29, 0.717) is 11.6 Å². The molecule has 0 saturated carbocycles. The van der Waals surface area contributed by atoms with Crippen molar-refractivity contribution in [1.82, 2.24) is 20.1 Å². The van der Waals surface area contributed by atoms with Crippen molar-refractivity contribution in [1.29, 1.82) is 0 Å². The number of aromatic nitrogens is 3. The molecule has 0 spiro atoms. The van der Waals surface area contributed by atoms with Gasteiger partial charge in [0.2, 0.25) is 5.91 Å². The lowest BCUT2D eigenvalue weighted by molar-refractivity contribution is -0.119. The highest BCUT2D eigenvalue weighted by Gasteiger charge is 2.28. The third-order valence-electron chi connectivity index (χ3n) is 3.03. The Morgan fingerprint density at radius 2 is 2.35 bits per heavy atom. The summed E-state index contributed by atoms with van der Waals surface area (Å²) in [5.74, 6) is 0.246. The van der Waals surface area contributed by atoms with E-state index in [9.17, 15) is 13.2 Å². The maximum atomic E-state index is 11.8. The number of carbonyl (C=O) groups is 1. The Bertz CT molecular complexity index is 582. The van der Waals surface area contributed by atoms with Gasteiger partial charge in [0.15, 0.2) is 15.0 Å². The van der Waals surface area contributed by atoms with Gasteiger partial charge in [-0.3, -0.25) is 4.79 Å². The molecular weight excluding hydrogens is 300 g/mol. The molecule has 1 aliphatic heterocycles. The molecular formula is C11H18N4O3S2. The minimum atomic E-state index is -2.97. The average molecular weight is 318 g/mol. The molecule has 112 valence electrons. The SMILES string of the molecule is CC(C)n1cnnc1SCC(=O)N[C@@H]1CCS(=O)(=O)C1. The Hall–Kier alpha value is -1.09. The summed E-state index contributed by atoms with van der Waals surface area (Å²) in [4.78, 5) is 11.8. The van der Waals surface area contributed by atoms with Gasteiger partial charge < -0.3 is 9.88 Å². The van der Waals surface area contributed by atoms with Crippen LogP contribution in [0, 0.1) is 0 Å². The van der Waals surface area contributed by atoms with E-state index in [-0.39, 0.29) is 35.2 Å². The minimum Gasteiger partial charge on any atom is -0.352 e. The summed E-state index contributed by atoms with van der Waals surface area (Å²) in [5.41, 5.74) is 0. The van der Waals surface area contributed by atoms with Crippen LogP contribution in [0.5, 0.6) is 0 Å². The molecule has 1 N–H and O–H groups in total. The molecule has 1 atom stereocenters. The summed E-state index contributed by atoms with van der Waals surface area (Å²) in [6, 6.07) is -0.0217.